The van der Waals surface area contributed by atoms with Gasteiger partial charge in [-0.2, -0.15) is 0 Å². The van der Waals surface area contributed by atoms with Crippen molar-refractivity contribution in [2.24, 2.45) is 0 Å². The molecule has 112 valence electrons. The Bertz CT molecular complexity index is 566. The van der Waals surface area contributed by atoms with Gasteiger partial charge in [0.05, 0.1) is 7.11 Å². The molecule has 1 atom stereocenters. The van der Waals surface area contributed by atoms with Crippen molar-refractivity contribution in [1.82, 2.24) is 5.32 Å². The summed E-state index contributed by atoms with van der Waals surface area (Å²) in [5, 5.41) is 3.42. The average molecular weight is 284 g/mol. The van der Waals surface area contributed by atoms with Crippen molar-refractivity contribution in [3.05, 3.63) is 59.7 Å². The van der Waals surface area contributed by atoms with E-state index < -0.39 is 0 Å². The Morgan fingerprint density at radius 1 is 1.10 bits per heavy atom. The molecule has 0 radical (unpaired) electrons. The molecule has 2 aromatic rings. The maximum absolute atomic E-state index is 5.21. The van der Waals surface area contributed by atoms with Gasteiger partial charge in [-0.25, -0.2) is 0 Å². The molecule has 0 saturated carbocycles. The Hall–Kier alpha value is -2.00. The smallest absolute Gasteiger partial charge is 0.119 e. The zero-order valence-corrected chi connectivity index (χ0v) is 13.3. The lowest BCUT2D eigenvalue weighted by Crippen LogP contribution is -2.31. The molecule has 0 fully saturated rings. The molecule has 0 aliphatic carbocycles. The summed E-state index contributed by atoms with van der Waals surface area (Å²) in [6.07, 6.45) is 0. The number of rotatable bonds is 6. The number of nitrogens with one attached hydrogen (secondary N) is 1. The lowest BCUT2D eigenvalue weighted by atomic mass is 10.0. The molecule has 3 heteroatoms. The molecule has 0 aromatic heterocycles. The van der Waals surface area contributed by atoms with Gasteiger partial charge in [-0.1, -0.05) is 24.3 Å². The van der Waals surface area contributed by atoms with Crippen LogP contribution in [0.3, 0.4) is 0 Å². The molecule has 1 N–H and O–H groups in total. The van der Waals surface area contributed by atoms with Crippen LogP contribution in [0.15, 0.2) is 48.5 Å². The fourth-order valence-electron chi connectivity index (χ4n) is 2.54. The molecule has 0 spiro atoms. The molecule has 0 heterocycles. The quantitative estimate of drug-likeness (QED) is 0.880. The Kier molecular flexibility index (Phi) is 5.23. The minimum Gasteiger partial charge on any atom is -0.497 e. The number of methoxy groups -OCH3 is 1. The first-order valence-corrected chi connectivity index (χ1v) is 7.23. The number of benzene rings is 2. The normalized spacial score (nSPS) is 12.0. The van der Waals surface area contributed by atoms with Gasteiger partial charge >= 0.3 is 0 Å². The van der Waals surface area contributed by atoms with Gasteiger partial charge in [0.15, 0.2) is 0 Å². The van der Waals surface area contributed by atoms with Crippen molar-refractivity contribution in [2.75, 3.05) is 32.6 Å². The number of hydrogen-bond acceptors (Lipinski definition) is 3. The minimum absolute atomic E-state index is 0.304. The molecule has 2 rings (SSSR count). The fourth-order valence-corrected chi connectivity index (χ4v) is 2.54. The number of likely N-dealkylation sites (N-methyl/N-ethyl adjacent to an activating group) is 2. The zero-order valence-electron chi connectivity index (χ0n) is 13.3. The lowest BCUT2D eigenvalue weighted by molar-refractivity contribution is 0.415. The molecule has 0 bridgehead atoms. The molecule has 0 aliphatic rings. The van der Waals surface area contributed by atoms with Gasteiger partial charge in [-0.05, 0) is 49.4 Å². The minimum atomic E-state index is 0.304. The first kappa shape index (κ1) is 15.4. The van der Waals surface area contributed by atoms with Crippen LogP contribution in [0.25, 0.3) is 0 Å². The highest BCUT2D eigenvalue weighted by atomic mass is 16.5. The second-order valence-corrected chi connectivity index (χ2v) is 5.28. The van der Waals surface area contributed by atoms with Gasteiger partial charge in [0, 0.05) is 25.3 Å². The summed E-state index contributed by atoms with van der Waals surface area (Å²) in [7, 11) is 5.82. The summed E-state index contributed by atoms with van der Waals surface area (Å²) in [5.74, 6) is 0.885. The zero-order chi connectivity index (χ0) is 15.2. The van der Waals surface area contributed by atoms with E-state index in [9.17, 15) is 0 Å². The first-order valence-electron chi connectivity index (χ1n) is 7.23. The molecule has 2 aromatic carbocycles. The Labute approximate surface area is 127 Å². The topological polar surface area (TPSA) is 24.5 Å². The van der Waals surface area contributed by atoms with Crippen LogP contribution in [-0.4, -0.2) is 27.7 Å². The number of hydrogen-bond donors (Lipinski definition) is 1. The third kappa shape index (κ3) is 3.76. The standard InChI is InChI=1S/C18H24N2O/c1-14-7-5-6-8-17(14)18(19-2)13-20(3)15-9-11-16(21-4)12-10-15/h5-12,18-19H,13H2,1-4H3. The van der Waals surface area contributed by atoms with Gasteiger partial charge in [-0.15, -0.1) is 0 Å². The third-order valence-electron chi connectivity index (χ3n) is 3.88. The largest absolute Gasteiger partial charge is 0.497 e. The average Bonchev–Trinajstić information content (AvgIpc) is 2.53. The summed E-state index contributed by atoms with van der Waals surface area (Å²) < 4.78 is 5.21. The van der Waals surface area contributed by atoms with Crippen molar-refractivity contribution in [3.8, 4) is 5.75 Å². The van der Waals surface area contributed by atoms with Crippen LogP contribution < -0.4 is 15.0 Å². The van der Waals surface area contributed by atoms with E-state index in [-0.39, 0.29) is 0 Å². The molecule has 1 unspecified atom stereocenters. The Balaban J connectivity index is 2.12. The van der Waals surface area contributed by atoms with Crippen LogP contribution in [0.5, 0.6) is 5.75 Å². The van der Waals surface area contributed by atoms with Crippen molar-refractivity contribution in [2.45, 2.75) is 13.0 Å². The molecule has 0 saturated heterocycles. The Morgan fingerprint density at radius 3 is 2.33 bits per heavy atom. The van der Waals surface area contributed by atoms with Gasteiger partial charge in [-0.3, -0.25) is 0 Å². The van der Waals surface area contributed by atoms with Crippen LogP contribution in [0.1, 0.15) is 17.2 Å². The Morgan fingerprint density at radius 2 is 1.76 bits per heavy atom. The van der Waals surface area contributed by atoms with E-state index in [1.165, 1.54) is 16.8 Å². The predicted octanol–water partition coefficient (Wildman–Crippen LogP) is 3.40. The predicted molar refractivity (Wildman–Crippen MR) is 89.2 cm³/mol. The van der Waals surface area contributed by atoms with Gasteiger partial charge in [0.1, 0.15) is 5.75 Å². The summed E-state index contributed by atoms with van der Waals surface area (Å²) in [4.78, 5) is 2.26. The molecular weight excluding hydrogens is 260 g/mol. The van der Waals surface area contributed by atoms with Crippen molar-refractivity contribution in [3.63, 3.8) is 0 Å². The second kappa shape index (κ2) is 7.14. The van der Waals surface area contributed by atoms with E-state index in [0.717, 1.165) is 12.3 Å². The van der Waals surface area contributed by atoms with E-state index in [1.54, 1.807) is 7.11 Å². The molecular formula is C18H24N2O. The summed E-state index contributed by atoms with van der Waals surface area (Å²) >= 11 is 0. The number of anilines is 1. The van der Waals surface area contributed by atoms with E-state index in [2.05, 4.69) is 60.6 Å². The highest BCUT2D eigenvalue weighted by molar-refractivity contribution is 5.49. The molecule has 21 heavy (non-hydrogen) atoms. The molecule has 0 amide bonds. The van der Waals surface area contributed by atoms with Crippen LogP contribution in [-0.2, 0) is 0 Å². The maximum atomic E-state index is 5.21. The van der Waals surface area contributed by atoms with Crippen molar-refractivity contribution in [1.29, 1.82) is 0 Å². The lowest BCUT2D eigenvalue weighted by Gasteiger charge is -2.27. The summed E-state index contributed by atoms with van der Waals surface area (Å²) in [5.41, 5.74) is 3.85. The van der Waals surface area contributed by atoms with Crippen LogP contribution >= 0.6 is 0 Å². The monoisotopic (exact) mass is 284 g/mol. The highest BCUT2D eigenvalue weighted by Gasteiger charge is 2.14. The summed E-state index contributed by atoms with van der Waals surface area (Å²) in [6.45, 7) is 3.07. The second-order valence-electron chi connectivity index (χ2n) is 5.28. The van der Waals surface area contributed by atoms with Crippen molar-refractivity contribution >= 4 is 5.69 Å². The first-order chi connectivity index (χ1) is 10.2. The SMILES string of the molecule is CNC(CN(C)c1ccc(OC)cc1)c1ccccc1C. The maximum Gasteiger partial charge on any atom is 0.119 e. The molecule has 3 nitrogen and oxygen atoms in total. The van der Waals surface area contributed by atoms with Crippen LogP contribution in [0.2, 0.25) is 0 Å². The van der Waals surface area contributed by atoms with Crippen LogP contribution in [0, 0.1) is 6.92 Å². The van der Waals surface area contributed by atoms with E-state index >= 15 is 0 Å². The third-order valence-corrected chi connectivity index (χ3v) is 3.88. The van der Waals surface area contributed by atoms with E-state index in [1.807, 2.05) is 19.2 Å². The number of aryl methyl sites for hydroxylation is 1. The number of ether oxygens (including phenoxy) is 1. The summed E-state index contributed by atoms with van der Waals surface area (Å²) in [6, 6.07) is 17.0. The van der Waals surface area contributed by atoms with Crippen molar-refractivity contribution < 1.29 is 4.74 Å². The van der Waals surface area contributed by atoms with E-state index in [0.29, 0.717) is 6.04 Å². The van der Waals surface area contributed by atoms with Crippen LogP contribution in [0.4, 0.5) is 5.69 Å². The van der Waals surface area contributed by atoms with Gasteiger partial charge < -0.3 is 15.0 Å². The molecule has 0 aliphatic heterocycles. The van der Waals surface area contributed by atoms with Gasteiger partial charge in [0.25, 0.3) is 0 Å². The fraction of sp³-hybridized carbons (Fsp3) is 0.333. The highest BCUT2D eigenvalue weighted by Crippen LogP contribution is 2.22. The van der Waals surface area contributed by atoms with E-state index in [4.69, 9.17) is 4.74 Å². The van der Waals surface area contributed by atoms with Gasteiger partial charge in [0.2, 0.25) is 0 Å². The number of nitrogens with zero attached hydrogens (tertiary/aromatic N) is 1.